The van der Waals surface area contributed by atoms with Gasteiger partial charge in [-0.2, -0.15) is 4.31 Å². The van der Waals surface area contributed by atoms with Gasteiger partial charge in [0.05, 0.1) is 6.20 Å². The highest BCUT2D eigenvalue weighted by atomic mass is 79.9. The quantitative estimate of drug-likeness (QED) is 0.840. The maximum absolute atomic E-state index is 12.7. The number of rotatable bonds is 2. The molecule has 7 heteroatoms. The molecule has 1 saturated heterocycles. The molecule has 0 aliphatic carbocycles. The molecule has 19 heavy (non-hydrogen) atoms. The van der Waals surface area contributed by atoms with Gasteiger partial charge in [0.25, 0.3) is 10.0 Å². The number of halogens is 1. The van der Waals surface area contributed by atoms with Crippen molar-refractivity contribution in [3.8, 4) is 0 Å². The van der Waals surface area contributed by atoms with Crippen molar-refractivity contribution in [2.45, 2.75) is 30.8 Å². The summed E-state index contributed by atoms with van der Waals surface area (Å²) in [6, 6.07) is 3.69. The molecule has 0 amide bonds. The van der Waals surface area contributed by atoms with Gasteiger partial charge in [0.1, 0.15) is 5.65 Å². The zero-order chi connectivity index (χ0) is 13.6. The first-order chi connectivity index (χ1) is 9.00. The normalized spacial score (nSPS) is 21.3. The van der Waals surface area contributed by atoms with E-state index in [4.69, 9.17) is 0 Å². The molecule has 0 bridgehead atoms. The molecule has 1 aliphatic rings. The van der Waals surface area contributed by atoms with Crippen LogP contribution in [0.3, 0.4) is 0 Å². The number of aromatic nitrogens is 2. The first-order valence-electron chi connectivity index (χ1n) is 6.14. The van der Waals surface area contributed by atoms with Crippen molar-refractivity contribution in [1.82, 2.24) is 13.7 Å². The fourth-order valence-corrected chi connectivity index (χ4v) is 4.61. The number of imidazole rings is 1. The lowest BCUT2D eigenvalue weighted by Gasteiger charge is -2.20. The van der Waals surface area contributed by atoms with Crippen molar-refractivity contribution >= 4 is 31.6 Å². The molecule has 0 saturated carbocycles. The van der Waals surface area contributed by atoms with Gasteiger partial charge >= 0.3 is 0 Å². The predicted molar refractivity (Wildman–Crippen MR) is 75.5 cm³/mol. The summed E-state index contributed by atoms with van der Waals surface area (Å²) in [7, 11) is -3.47. The van der Waals surface area contributed by atoms with Gasteiger partial charge in [-0.3, -0.25) is 4.40 Å². The third-order valence-electron chi connectivity index (χ3n) is 3.50. The van der Waals surface area contributed by atoms with E-state index in [0.717, 1.165) is 17.3 Å². The molecule has 0 spiro atoms. The number of hydrogen-bond donors (Lipinski definition) is 0. The van der Waals surface area contributed by atoms with Crippen LogP contribution in [-0.4, -0.2) is 34.7 Å². The molecule has 1 fully saturated rings. The molecule has 102 valence electrons. The molecule has 2 aromatic heterocycles. The Morgan fingerprint density at radius 3 is 2.89 bits per heavy atom. The van der Waals surface area contributed by atoms with Crippen molar-refractivity contribution in [1.29, 1.82) is 0 Å². The van der Waals surface area contributed by atoms with E-state index < -0.39 is 10.0 Å². The molecule has 1 aliphatic heterocycles. The van der Waals surface area contributed by atoms with E-state index >= 15 is 0 Å². The Morgan fingerprint density at radius 1 is 1.42 bits per heavy atom. The monoisotopic (exact) mass is 343 g/mol. The van der Waals surface area contributed by atoms with Crippen LogP contribution in [0.4, 0.5) is 0 Å². The van der Waals surface area contributed by atoms with Gasteiger partial charge in [-0.05, 0) is 47.8 Å². The van der Waals surface area contributed by atoms with Crippen molar-refractivity contribution in [3.05, 3.63) is 29.0 Å². The summed E-state index contributed by atoms with van der Waals surface area (Å²) in [5, 5.41) is 0.234. The second-order valence-electron chi connectivity index (χ2n) is 4.78. The zero-order valence-corrected chi connectivity index (χ0v) is 12.9. The summed E-state index contributed by atoms with van der Waals surface area (Å²) in [5.74, 6) is 0. The second kappa shape index (κ2) is 4.57. The van der Waals surface area contributed by atoms with Crippen LogP contribution >= 0.6 is 15.9 Å². The fraction of sp³-hybridized carbons (Fsp3) is 0.417. The van der Waals surface area contributed by atoms with Gasteiger partial charge in [-0.25, -0.2) is 13.4 Å². The number of hydrogen-bond acceptors (Lipinski definition) is 3. The van der Waals surface area contributed by atoms with Crippen LogP contribution in [0.2, 0.25) is 0 Å². The Kier molecular flexibility index (Phi) is 3.15. The van der Waals surface area contributed by atoms with E-state index in [-0.39, 0.29) is 11.1 Å². The van der Waals surface area contributed by atoms with Crippen molar-refractivity contribution in [2.75, 3.05) is 6.54 Å². The van der Waals surface area contributed by atoms with Crippen LogP contribution in [-0.2, 0) is 10.0 Å². The third kappa shape index (κ3) is 2.09. The SMILES string of the molecule is CC1CCCN1S(=O)(=O)c1cnc2ccc(Br)cn12. The van der Waals surface area contributed by atoms with Crippen LogP contribution < -0.4 is 0 Å². The number of sulfonamides is 1. The lowest BCUT2D eigenvalue weighted by molar-refractivity contribution is 0.406. The van der Waals surface area contributed by atoms with E-state index in [0.29, 0.717) is 12.2 Å². The summed E-state index contributed by atoms with van der Waals surface area (Å²) in [5.41, 5.74) is 0.633. The maximum atomic E-state index is 12.7. The van der Waals surface area contributed by atoms with Crippen molar-refractivity contribution < 1.29 is 8.42 Å². The third-order valence-corrected chi connectivity index (χ3v) is 5.96. The highest BCUT2D eigenvalue weighted by Gasteiger charge is 2.34. The van der Waals surface area contributed by atoms with Gasteiger partial charge in [0.15, 0.2) is 5.03 Å². The Labute approximate surface area is 120 Å². The summed E-state index contributed by atoms with van der Waals surface area (Å²) >= 11 is 3.36. The summed E-state index contributed by atoms with van der Waals surface area (Å²) in [6.45, 7) is 2.54. The molecule has 3 heterocycles. The van der Waals surface area contributed by atoms with Crippen molar-refractivity contribution in [3.63, 3.8) is 0 Å². The molecule has 0 N–H and O–H groups in total. The zero-order valence-electron chi connectivity index (χ0n) is 10.5. The molecule has 0 radical (unpaired) electrons. The predicted octanol–water partition coefficient (Wildman–Crippen LogP) is 2.27. The number of pyridine rings is 1. The average Bonchev–Trinajstić information content (AvgIpc) is 2.94. The first kappa shape index (κ1) is 13.1. The molecule has 3 rings (SSSR count). The lowest BCUT2D eigenvalue weighted by Crippen LogP contribution is -2.34. The lowest BCUT2D eigenvalue weighted by atomic mass is 10.3. The van der Waals surface area contributed by atoms with E-state index in [1.54, 1.807) is 21.0 Å². The molecule has 1 unspecified atom stereocenters. The Balaban J connectivity index is 2.16. The fourth-order valence-electron chi connectivity index (χ4n) is 2.51. The van der Waals surface area contributed by atoms with Gasteiger partial charge in [0.2, 0.25) is 0 Å². The average molecular weight is 344 g/mol. The molecule has 0 aromatic carbocycles. The molecule has 5 nitrogen and oxygen atoms in total. The molecule has 1 atom stereocenters. The van der Waals surface area contributed by atoms with Crippen LogP contribution in [0.25, 0.3) is 5.65 Å². The molecular weight excluding hydrogens is 330 g/mol. The highest BCUT2D eigenvalue weighted by Crippen LogP contribution is 2.26. The van der Waals surface area contributed by atoms with Crippen LogP contribution in [0.5, 0.6) is 0 Å². The van der Waals surface area contributed by atoms with Crippen molar-refractivity contribution in [2.24, 2.45) is 0 Å². The Morgan fingerprint density at radius 2 is 2.21 bits per heavy atom. The summed E-state index contributed by atoms with van der Waals surface area (Å²) in [4.78, 5) is 4.16. The second-order valence-corrected chi connectivity index (χ2v) is 7.53. The smallest absolute Gasteiger partial charge is 0.260 e. The minimum Gasteiger partial charge on any atom is -0.288 e. The van der Waals surface area contributed by atoms with Gasteiger partial charge in [-0.15, -0.1) is 0 Å². The topological polar surface area (TPSA) is 54.7 Å². The van der Waals surface area contributed by atoms with Gasteiger partial charge < -0.3 is 0 Å². The van der Waals surface area contributed by atoms with E-state index in [9.17, 15) is 8.42 Å². The maximum Gasteiger partial charge on any atom is 0.260 e. The minimum atomic E-state index is -3.47. The van der Waals surface area contributed by atoms with E-state index in [1.807, 2.05) is 13.0 Å². The first-order valence-corrected chi connectivity index (χ1v) is 8.38. The number of fused-ring (bicyclic) bond motifs is 1. The Bertz CT molecular complexity index is 726. The minimum absolute atomic E-state index is 0.0581. The highest BCUT2D eigenvalue weighted by molar-refractivity contribution is 9.10. The van der Waals surface area contributed by atoms with Crippen LogP contribution in [0, 0.1) is 0 Å². The van der Waals surface area contributed by atoms with Gasteiger partial charge in [0, 0.05) is 23.3 Å². The molecule has 2 aromatic rings. The molecular formula is C12H14BrN3O2S. The Hall–Kier alpha value is -0.920. The largest absolute Gasteiger partial charge is 0.288 e. The van der Waals surface area contributed by atoms with Crippen LogP contribution in [0.1, 0.15) is 19.8 Å². The number of nitrogens with zero attached hydrogens (tertiary/aromatic N) is 3. The van der Waals surface area contributed by atoms with Crippen LogP contribution in [0.15, 0.2) is 34.0 Å². The summed E-state index contributed by atoms with van der Waals surface area (Å²) < 4.78 is 29.4. The van der Waals surface area contributed by atoms with Gasteiger partial charge in [-0.1, -0.05) is 0 Å². The summed E-state index contributed by atoms with van der Waals surface area (Å²) in [6.07, 6.45) is 5.00. The van der Waals surface area contributed by atoms with E-state index in [2.05, 4.69) is 20.9 Å². The standard InChI is InChI=1S/C12H14BrN3O2S/c1-9-3-2-6-16(9)19(17,18)12-7-14-11-5-4-10(13)8-15(11)12/h4-5,7-9H,2-3,6H2,1H3. The van der Waals surface area contributed by atoms with E-state index in [1.165, 1.54) is 6.20 Å².